The second-order valence-corrected chi connectivity index (χ2v) is 30.4. The first-order valence-electron chi connectivity index (χ1n) is 34.4. The number of halogens is 4. The number of nitrogens with one attached hydrogen (secondary N) is 4. The summed E-state index contributed by atoms with van der Waals surface area (Å²) in [7, 11) is 8.73. The van der Waals surface area contributed by atoms with E-state index in [1.165, 1.54) is 92.5 Å². The molecular weight excluding hydrogens is 1240 g/mol. The molecule has 0 aromatic heterocycles. The molecule has 0 radical (unpaired) electrons. The van der Waals surface area contributed by atoms with Crippen LogP contribution in [0.15, 0.2) is 0 Å². The fraction of sp³-hybridized carbons (Fsp3) is 0.838. The van der Waals surface area contributed by atoms with Crippen molar-refractivity contribution in [1.82, 2.24) is 55.6 Å². The standard InChI is InChI=1S/C68H115ClF3N11O11/c1-20-42(9)57-65(93)79(16)44(11)60(88)83-30-29-52(83)64(92)81(18)54(36-46-23-21-41(8)22-24-46)63(91)77(14)37-55(84)73-49(28-26-45-25-27-47(48(69)35-45)68(70,71)72)58(86)74-51(32-39(4)5)62(90)82(19)67(12,13)66(94)75-50(31-38(2)3)61(89)78(15)43(10)34-56(85)80(17)53(33-40(6)7)59(87)76-57/h38-54,57H,20-37H2,1-19H3,(H,73,84)(H,74,86)(H,75,94)(H,76,87)/t41?,42-,43+,44-,45?,46?,47?,48?,49-,50-,51-,52-,53-,54-,57-/m0/s1. The SMILES string of the molecule is CC[C@H](C)[C@@H]1NC(=O)[C@H](CC(C)C)N(C)C(=O)C[C@@H](C)N(C)C(=O)[C@H](CC(C)C)NC(=O)C(C)(C)N(C)C(=O)[C@H](CC(C)C)NC(=O)[C@H](CCC2CCC(C(F)(F)F)C(Cl)C2)NC(=O)CN(C)C(=O)[C@H](CC2CCC(C)CC2)N(C)C(=O)[C@@H]2CCN2C(=O)[C@H](C)N(C)C1=O. The molecule has 0 bridgehead atoms. The van der Waals surface area contributed by atoms with Crippen LogP contribution in [0.2, 0.25) is 0 Å². The van der Waals surface area contributed by atoms with E-state index in [9.17, 15) is 65.9 Å². The van der Waals surface area contributed by atoms with E-state index in [1.54, 1.807) is 13.8 Å². The maximum absolute atomic E-state index is 15.0. The van der Waals surface area contributed by atoms with E-state index < -0.39 is 155 Å². The van der Waals surface area contributed by atoms with Gasteiger partial charge in [-0.1, -0.05) is 94.4 Å². The molecule has 0 spiro atoms. The van der Waals surface area contributed by atoms with Gasteiger partial charge in [0.15, 0.2) is 0 Å². The number of likely N-dealkylation sites (N-methyl/N-ethyl adjacent to an activating group) is 6. The summed E-state index contributed by atoms with van der Waals surface area (Å²) in [6.07, 6.45) is -0.0456. The Morgan fingerprint density at radius 3 is 1.66 bits per heavy atom. The Bertz CT molecular complexity index is 2660. The zero-order valence-electron chi connectivity index (χ0n) is 59.8. The van der Waals surface area contributed by atoms with Crippen LogP contribution < -0.4 is 21.3 Å². The van der Waals surface area contributed by atoms with Crippen LogP contribution in [0.1, 0.15) is 193 Å². The predicted molar refractivity (Wildman–Crippen MR) is 354 cm³/mol. The lowest BCUT2D eigenvalue weighted by Crippen LogP contribution is -2.65. The van der Waals surface area contributed by atoms with Gasteiger partial charge in [-0.05, 0) is 133 Å². The van der Waals surface area contributed by atoms with Gasteiger partial charge in [-0.25, -0.2) is 0 Å². The number of hydrogen-bond donors (Lipinski definition) is 4. The summed E-state index contributed by atoms with van der Waals surface area (Å²) in [5.41, 5.74) is -1.68. The monoisotopic (exact) mass is 1350 g/mol. The Balaban J connectivity index is 1.83. The minimum Gasteiger partial charge on any atom is -0.343 e. The van der Waals surface area contributed by atoms with Crippen molar-refractivity contribution in [2.75, 3.05) is 55.4 Å². The number of carbonyl (C=O) groups excluding carboxylic acids is 11. The summed E-state index contributed by atoms with van der Waals surface area (Å²) in [5.74, 6) is -9.35. The highest BCUT2D eigenvalue weighted by atomic mass is 35.5. The van der Waals surface area contributed by atoms with Crippen molar-refractivity contribution in [3.63, 3.8) is 0 Å². The van der Waals surface area contributed by atoms with Crippen molar-refractivity contribution in [1.29, 1.82) is 0 Å². The molecule has 4 rings (SSSR count). The first-order chi connectivity index (χ1) is 43.5. The minimum absolute atomic E-state index is 0.00737. The predicted octanol–water partition coefficient (Wildman–Crippen LogP) is 6.74. The number of rotatable bonds is 13. The zero-order valence-corrected chi connectivity index (χ0v) is 60.5. The molecule has 536 valence electrons. The summed E-state index contributed by atoms with van der Waals surface area (Å²) in [6, 6.07) is -10.1. The third kappa shape index (κ3) is 21.4. The lowest BCUT2D eigenvalue weighted by Gasteiger charge is -2.45. The highest BCUT2D eigenvalue weighted by Gasteiger charge is 2.49. The van der Waals surface area contributed by atoms with Gasteiger partial charge in [0.1, 0.15) is 53.9 Å². The number of carbonyl (C=O) groups is 11. The zero-order chi connectivity index (χ0) is 71.3. The molecule has 13 atom stereocenters. The van der Waals surface area contributed by atoms with E-state index in [0.717, 1.165) is 30.6 Å². The second-order valence-electron chi connectivity index (χ2n) is 29.8. The van der Waals surface area contributed by atoms with Crippen LogP contribution in [0.3, 0.4) is 0 Å². The van der Waals surface area contributed by atoms with Crippen LogP contribution in [0, 0.1) is 47.3 Å². The lowest BCUT2D eigenvalue weighted by molar-refractivity contribution is -0.182. The molecule has 26 heteroatoms. The number of hydrogen-bond acceptors (Lipinski definition) is 11. The van der Waals surface area contributed by atoms with Crippen molar-refractivity contribution in [2.45, 2.75) is 264 Å². The maximum Gasteiger partial charge on any atom is 0.393 e. The number of fused-ring (bicyclic) bond motifs is 1. The van der Waals surface area contributed by atoms with Crippen LogP contribution in [0.4, 0.5) is 13.2 Å². The summed E-state index contributed by atoms with van der Waals surface area (Å²) in [4.78, 5) is 170. The minimum atomic E-state index is -4.51. The van der Waals surface area contributed by atoms with Crippen molar-refractivity contribution >= 4 is 76.6 Å². The molecule has 0 aromatic carbocycles. The molecule has 0 aromatic rings. The highest BCUT2D eigenvalue weighted by Crippen LogP contribution is 2.44. The fourth-order valence-electron chi connectivity index (χ4n) is 13.3. The molecule has 2 heterocycles. The van der Waals surface area contributed by atoms with E-state index >= 15 is 0 Å². The highest BCUT2D eigenvalue weighted by molar-refractivity contribution is 6.20. The fourth-order valence-corrected chi connectivity index (χ4v) is 13.9. The van der Waals surface area contributed by atoms with E-state index in [-0.39, 0.29) is 107 Å². The van der Waals surface area contributed by atoms with Gasteiger partial charge in [0.25, 0.3) is 0 Å². The van der Waals surface area contributed by atoms with E-state index in [2.05, 4.69) is 28.2 Å². The van der Waals surface area contributed by atoms with Crippen LogP contribution >= 0.6 is 11.6 Å². The van der Waals surface area contributed by atoms with Crippen LogP contribution in [-0.4, -0.2) is 226 Å². The molecule has 2 aliphatic carbocycles. The van der Waals surface area contributed by atoms with E-state index in [0.29, 0.717) is 12.3 Å². The molecule has 22 nitrogen and oxygen atoms in total. The molecule has 11 amide bonds. The Labute approximate surface area is 562 Å². The van der Waals surface area contributed by atoms with E-state index in [4.69, 9.17) is 11.6 Å². The molecular formula is C68H115ClF3N11O11. The molecule has 3 unspecified atom stereocenters. The summed E-state index contributed by atoms with van der Waals surface area (Å²) >= 11 is 6.36. The molecule has 2 saturated carbocycles. The summed E-state index contributed by atoms with van der Waals surface area (Å²) < 4.78 is 41.8. The second kappa shape index (κ2) is 35.0. The topological polar surface area (TPSA) is 259 Å². The molecule has 2 saturated heterocycles. The first-order valence-corrected chi connectivity index (χ1v) is 34.8. The van der Waals surface area contributed by atoms with Crippen molar-refractivity contribution < 1.29 is 65.9 Å². The molecule has 4 N–H and O–H groups in total. The summed E-state index contributed by atoms with van der Waals surface area (Å²) in [6.45, 7) is 22.7. The Morgan fingerprint density at radius 2 is 1.14 bits per heavy atom. The average molecular weight is 1360 g/mol. The molecule has 4 aliphatic rings. The number of nitrogens with zero attached hydrogens (tertiary/aromatic N) is 7. The Hall–Kier alpha value is -5.75. The largest absolute Gasteiger partial charge is 0.393 e. The van der Waals surface area contributed by atoms with Crippen molar-refractivity contribution in [3.05, 3.63) is 0 Å². The van der Waals surface area contributed by atoms with Gasteiger partial charge in [0.2, 0.25) is 65.0 Å². The van der Waals surface area contributed by atoms with Crippen molar-refractivity contribution in [2.24, 2.45) is 47.3 Å². The quantitative estimate of drug-likeness (QED) is 0.140. The molecule has 2 aliphatic heterocycles. The van der Waals surface area contributed by atoms with Gasteiger partial charge >= 0.3 is 6.18 Å². The first kappa shape index (κ1) is 80.7. The van der Waals surface area contributed by atoms with Gasteiger partial charge in [0, 0.05) is 66.7 Å². The molecule has 4 fully saturated rings. The van der Waals surface area contributed by atoms with Crippen LogP contribution in [-0.2, 0) is 52.7 Å². The Morgan fingerprint density at radius 1 is 0.574 bits per heavy atom. The average Bonchev–Trinajstić information content (AvgIpc) is 0.791. The van der Waals surface area contributed by atoms with Crippen LogP contribution in [0.5, 0.6) is 0 Å². The number of alkyl halides is 4. The number of amides is 11. The van der Waals surface area contributed by atoms with Gasteiger partial charge in [-0.15, -0.1) is 11.6 Å². The normalized spacial score (nSPS) is 31.3. The Kier molecular flexibility index (Phi) is 30.0. The smallest absolute Gasteiger partial charge is 0.343 e. The summed E-state index contributed by atoms with van der Waals surface area (Å²) in [5, 5.41) is 10.2. The van der Waals surface area contributed by atoms with Gasteiger partial charge < -0.3 is 55.6 Å². The van der Waals surface area contributed by atoms with Gasteiger partial charge in [-0.2, -0.15) is 13.2 Å². The van der Waals surface area contributed by atoms with Crippen LogP contribution in [0.25, 0.3) is 0 Å². The molecule has 94 heavy (non-hydrogen) atoms. The van der Waals surface area contributed by atoms with Crippen molar-refractivity contribution in [3.8, 4) is 0 Å². The van der Waals surface area contributed by atoms with Gasteiger partial charge in [0.05, 0.1) is 12.5 Å². The maximum atomic E-state index is 15.0. The third-order valence-corrected chi connectivity index (χ3v) is 21.2. The lowest BCUT2D eigenvalue weighted by atomic mass is 9.78. The van der Waals surface area contributed by atoms with E-state index in [1.807, 2.05) is 48.5 Å². The van der Waals surface area contributed by atoms with Gasteiger partial charge in [-0.3, -0.25) is 52.7 Å². The third-order valence-electron chi connectivity index (χ3n) is 20.7.